The summed E-state index contributed by atoms with van der Waals surface area (Å²) in [6, 6.07) is 13.0. The number of hydrogen-bond donors (Lipinski definition) is 0. The third-order valence-electron chi connectivity index (χ3n) is 4.83. The van der Waals surface area contributed by atoms with Crippen LogP contribution in [0.15, 0.2) is 52.6 Å². The highest BCUT2D eigenvalue weighted by molar-refractivity contribution is 7.99. The Morgan fingerprint density at radius 1 is 1.04 bits per heavy atom. The SMILES string of the molecule is O=[N+]([O-])c1ccc(Sc2nnc(C3CC3)n2C2CC2)nc1-c1ccccc1. The van der Waals surface area contributed by atoms with Crippen LogP contribution in [0.3, 0.4) is 0 Å². The second-order valence-corrected chi connectivity index (χ2v) is 7.95. The molecule has 0 saturated heterocycles. The number of nitrogens with zero attached hydrogens (tertiary/aromatic N) is 5. The Hall–Kier alpha value is -2.74. The van der Waals surface area contributed by atoms with Crippen LogP contribution in [0.1, 0.15) is 43.5 Å². The average molecular weight is 379 g/mol. The van der Waals surface area contributed by atoms with E-state index in [0.29, 0.717) is 22.7 Å². The van der Waals surface area contributed by atoms with Gasteiger partial charge in [0.15, 0.2) is 5.16 Å². The third-order valence-corrected chi connectivity index (χ3v) is 5.73. The van der Waals surface area contributed by atoms with E-state index in [1.54, 1.807) is 6.07 Å². The fraction of sp³-hybridized carbons (Fsp3) is 0.316. The van der Waals surface area contributed by atoms with E-state index >= 15 is 0 Å². The van der Waals surface area contributed by atoms with E-state index in [1.165, 1.54) is 30.7 Å². The minimum atomic E-state index is -0.387. The van der Waals surface area contributed by atoms with E-state index in [0.717, 1.165) is 29.4 Å². The number of hydrogen-bond acceptors (Lipinski definition) is 6. The highest BCUT2D eigenvalue weighted by Gasteiger charge is 2.36. The summed E-state index contributed by atoms with van der Waals surface area (Å²) in [5.74, 6) is 1.63. The number of pyridine rings is 1. The minimum absolute atomic E-state index is 0.00730. The molecule has 0 amide bonds. The molecule has 0 radical (unpaired) electrons. The van der Waals surface area contributed by atoms with Gasteiger partial charge >= 0.3 is 0 Å². The summed E-state index contributed by atoms with van der Waals surface area (Å²) in [6.07, 6.45) is 4.69. The molecule has 0 bridgehead atoms. The number of nitro groups is 1. The van der Waals surface area contributed by atoms with Crippen LogP contribution in [-0.2, 0) is 0 Å². The topological polar surface area (TPSA) is 86.7 Å². The molecule has 1 aromatic carbocycles. The number of aromatic nitrogens is 4. The molecule has 2 aromatic heterocycles. The first-order valence-corrected chi connectivity index (χ1v) is 9.86. The fourth-order valence-electron chi connectivity index (χ4n) is 3.19. The van der Waals surface area contributed by atoms with Crippen molar-refractivity contribution in [2.24, 2.45) is 0 Å². The molecule has 2 aliphatic rings. The van der Waals surface area contributed by atoms with Crippen molar-refractivity contribution in [2.75, 3.05) is 0 Å². The Labute approximate surface area is 160 Å². The Balaban J connectivity index is 1.52. The van der Waals surface area contributed by atoms with Crippen LogP contribution in [0.2, 0.25) is 0 Å². The highest BCUT2D eigenvalue weighted by Crippen LogP contribution is 2.46. The van der Waals surface area contributed by atoms with Gasteiger partial charge in [-0.3, -0.25) is 10.1 Å². The van der Waals surface area contributed by atoms with E-state index < -0.39 is 0 Å². The molecule has 2 saturated carbocycles. The maximum Gasteiger partial charge on any atom is 0.295 e. The minimum Gasteiger partial charge on any atom is -0.302 e. The average Bonchev–Trinajstić information content (AvgIpc) is 3.61. The quantitative estimate of drug-likeness (QED) is 0.459. The van der Waals surface area contributed by atoms with E-state index in [-0.39, 0.29) is 10.6 Å². The lowest BCUT2D eigenvalue weighted by Gasteiger charge is -2.09. The zero-order valence-electron chi connectivity index (χ0n) is 14.5. The van der Waals surface area contributed by atoms with E-state index in [4.69, 9.17) is 0 Å². The molecule has 0 atom stereocenters. The van der Waals surface area contributed by atoms with Crippen molar-refractivity contribution in [1.82, 2.24) is 19.7 Å². The lowest BCUT2D eigenvalue weighted by molar-refractivity contribution is -0.384. The van der Waals surface area contributed by atoms with Gasteiger partial charge in [0.1, 0.15) is 16.5 Å². The summed E-state index contributed by atoms with van der Waals surface area (Å²) < 4.78 is 2.26. The zero-order chi connectivity index (χ0) is 18.4. The largest absolute Gasteiger partial charge is 0.302 e. The zero-order valence-corrected chi connectivity index (χ0v) is 15.3. The van der Waals surface area contributed by atoms with Crippen LogP contribution in [0.5, 0.6) is 0 Å². The van der Waals surface area contributed by atoms with Gasteiger partial charge in [-0.25, -0.2) is 4.98 Å². The second kappa shape index (κ2) is 6.45. The van der Waals surface area contributed by atoms with Gasteiger partial charge in [0.05, 0.1) is 4.92 Å². The molecule has 7 nitrogen and oxygen atoms in total. The normalized spacial score (nSPS) is 16.4. The predicted octanol–water partition coefficient (Wildman–Crippen LogP) is 4.61. The molecule has 27 heavy (non-hydrogen) atoms. The molecule has 136 valence electrons. The molecule has 0 aliphatic heterocycles. The summed E-state index contributed by atoms with van der Waals surface area (Å²) in [4.78, 5) is 15.6. The Morgan fingerprint density at radius 3 is 2.48 bits per heavy atom. The lowest BCUT2D eigenvalue weighted by atomic mass is 10.1. The monoisotopic (exact) mass is 379 g/mol. The molecule has 0 N–H and O–H groups in total. The summed E-state index contributed by atoms with van der Waals surface area (Å²) in [5, 5.41) is 21.8. The van der Waals surface area contributed by atoms with Gasteiger partial charge in [-0.2, -0.15) is 0 Å². The molecule has 0 unspecified atom stereocenters. The highest BCUT2D eigenvalue weighted by atomic mass is 32.2. The smallest absolute Gasteiger partial charge is 0.295 e. The van der Waals surface area contributed by atoms with Crippen molar-refractivity contribution in [2.45, 2.75) is 47.8 Å². The second-order valence-electron chi connectivity index (χ2n) is 6.96. The molecule has 0 spiro atoms. The van der Waals surface area contributed by atoms with Gasteiger partial charge in [0, 0.05) is 23.6 Å². The van der Waals surface area contributed by atoms with Gasteiger partial charge in [-0.05, 0) is 43.5 Å². The van der Waals surface area contributed by atoms with Crippen molar-refractivity contribution in [1.29, 1.82) is 0 Å². The predicted molar refractivity (Wildman–Crippen MR) is 101 cm³/mol. The Kier molecular flexibility index (Phi) is 3.93. The lowest BCUT2D eigenvalue weighted by Crippen LogP contribution is -2.02. The molecule has 8 heteroatoms. The first kappa shape index (κ1) is 16.4. The third kappa shape index (κ3) is 3.21. The van der Waals surface area contributed by atoms with Crippen molar-refractivity contribution in [3.05, 3.63) is 58.4 Å². The van der Waals surface area contributed by atoms with Crippen LogP contribution in [0.25, 0.3) is 11.3 Å². The Bertz CT molecular complexity index is 1010. The molecule has 3 aromatic rings. The van der Waals surface area contributed by atoms with Gasteiger partial charge in [-0.1, -0.05) is 30.3 Å². The van der Waals surface area contributed by atoms with Gasteiger partial charge < -0.3 is 4.57 Å². The van der Waals surface area contributed by atoms with Crippen LogP contribution < -0.4 is 0 Å². The van der Waals surface area contributed by atoms with Crippen molar-refractivity contribution >= 4 is 17.4 Å². The fourth-order valence-corrected chi connectivity index (χ4v) is 4.08. The molecular weight excluding hydrogens is 362 g/mol. The standard InChI is InChI=1S/C19H17N5O2S/c25-24(26)15-10-11-16(20-17(15)12-4-2-1-3-5-12)27-19-22-21-18(13-6-7-13)23(19)14-8-9-14/h1-5,10-11,13-14H,6-9H2. The van der Waals surface area contributed by atoms with Crippen LogP contribution in [0, 0.1) is 10.1 Å². The maximum atomic E-state index is 11.4. The van der Waals surface area contributed by atoms with Crippen molar-refractivity contribution in [3.63, 3.8) is 0 Å². The summed E-state index contributed by atoms with van der Waals surface area (Å²) in [7, 11) is 0. The van der Waals surface area contributed by atoms with Gasteiger partial charge in [0.25, 0.3) is 5.69 Å². The van der Waals surface area contributed by atoms with Crippen molar-refractivity contribution < 1.29 is 4.92 Å². The number of rotatable bonds is 6. The van der Waals surface area contributed by atoms with Crippen LogP contribution in [-0.4, -0.2) is 24.7 Å². The van der Waals surface area contributed by atoms with E-state index in [1.807, 2.05) is 30.3 Å². The molecule has 5 rings (SSSR count). The van der Waals surface area contributed by atoms with Crippen LogP contribution >= 0.6 is 11.8 Å². The first-order valence-electron chi connectivity index (χ1n) is 9.04. The maximum absolute atomic E-state index is 11.4. The summed E-state index contributed by atoms with van der Waals surface area (Å²) in [6.45, 7) is 0. The van der Waals surface area contributed by atoms with Crippen molar-refractivity contribution in [3.8, 4) is 11.3 Å². The number of benzene rings is 1. The van der Waals surface area contributed by atoms with E-state index in [9.17, 15) is 10.1 Å². The van der Waals surface area contributed by atoms with Crippen LogP contribution in [0.4, 0.5) is 5.69 Å². The molecule has 2 aliphatic carbocycles. The van der Waals surface area contributed by atoms with Gasteiger partial charge in [-0.15, -0.1) is 10.2 Å². The van der Waals surface area contributed by atoms with Gasteiger partial charge in [0.2, 0.25) is 0 Å². The summed E-state index contributed by atoms with van der Waals surface area (Å²) >= 11 is 1.43. The molecule has 2 heterocycles. The molecular formula is C19H17N5O2S. The first-order chi connectivity index (χ1) is 13.2. The van der Waals surface area contributed by atoms with E-state index in [2.05, 4.69) is 19.7 Å². The molecule has 2 fully saturated rings. The Morgan fingerprint density at radius 2 is 1.81 bits per heavy atom. The summed E-state index contributed by atoms with van der Waals surface area (Å²) in [5.41, 5.74) is 1.12.